The highest BCUT2D eigenvalue weighted by Crippen LogP contribution is 2.36. The van der Waals surface area contributed by atoms with Crippen molar-refractivity contribution in [2.75, 3.05) is 7.11 Å². The molecule has 1 aromatic rings. The first-order valence-electron chi connectivity index (χ1n) is 5.90. The van der Waals surface area contributed by atoms with Gasteiger partial charge in [-0.25, -0.2) is 0 Å². The minimum atomic E-state index is -0.456. The molecule has 0 atom stereocenters. The van der Waals surface area contributed by atoms with Crippen molar-refractivity contribution < 1.29 is 14.3 Å². The summed E-state index contributed by atoms with van der Waals surface area (Å²) in [5.74, 6) is -0.320. The fourth-order valence-electron chi connectivity index (χ4n) is 2.07. The van der Waals surface area contributed by atoms with Gasteiger partial charge in [-0.2, -0.15) is 0 Å². The van der Waals surface area contributed by atoms with Crippen molar-refractivity contribution in [1.29, 1.82) is 0 Å². The summed E-state index contributed by atoms with van der Waals surface area (Å²) in [7, 11) is 1.51. The summed E-state index contributed by atoms with van der Waals surface area (Å²) < 4.78 is 5.21. The van der Waals surface area contributed by atoms with E-state index < -0.39 is 5.91 Å². The number of amides is 2. The Morgan fingerprint density at radius 3 is 2.32 bits per heavy atom. The van der Waals surface area contributed by atoms with Crippen molar-refractivity contribution in [1.82, 2.24) is 4.90 Å². The lowest BCUT2D eigenvalue weighted by molar-refractivity contribution is -0.138. The predicted molar refractivity (Wildman–Crippen MR) is 72.8 cm³/mol. The fraction of sp³-hybridized carbons (Fsp3) is 0.286. The van der Waals surface area contributed by atoms with Crippen molar-refractivity contribution >= 4 is 29.0 Å². The van der Waals surface area contributed by atoms with Crippen LogP contribution < -0.4 is 4.74 Å². The molecule has 0 aliphatic carbocycles. The number of halogens is 1. The van der Waals surface area contributed by atoms with Crippen molar-refractivity contribution in [3.05, 3.63) is 34.9 Å². The Balaban J connectivity index is 2.56. The van der Waals surface area contributed by atoms with Gasteiger partial charge in [0.05, 0.1) is 12.7 Å². The first kappa shape index (κ1) is 13.6. The van der Waals surface area contributed by atoms with Gasteiger partial charge < -0.3 is 4.74 Å². The Hall–Kier alpha value is -1.81. The maximum atomic E-state index is 12.3. The lowest BCUT2D eigenvalue weighted by Crippen LogP contribution is -2.37. The zero-order chi connectivity index (χ0) is 14.2. The molecule has 0 unspecified atom stereocenters. The minimum Gasteiger partial charge on any atom is -0.496 e. The summed E-state index contributed by atoms with van der Waals surface area (Å²) in [5.41, 5.74) is 0.745. The highest BCUT2D eigenvalue weighted by molar-refractivity contribution is 6.55. The van der Waals surface area contributed by atoms with E-state index >= 15 is 0 Å². The Kier molecular flexibility index (Phi) is 3.62. The molecule has 0 spiro atoms. The van der Waals surface area contributed by atoms with Gasteiger partial charge in [0, 0.05) is 11.6 Å². The van der Waals surface area contributed by atoms with Crippen molar-refractivity contribution in [2.45, 2.75) is 19.9 Å². The van der Waals surface area contributed by atoms with Crippen LogP contribution in [0.5, 0.6) is 5.75 Å². The maximum absolute atomic E-state index is 12.3. The van der Waals surface area contributed by atoms with Crippen molar-refractivity contribution in [2.24, 2.45) is 0 Å². The molecule has 2 rings (SSSR count). The van der Waals surface area contributed by atoms with Gasteiger partial charge in [-0.05, 0) is 19.9 Å². The molecule has 100 valence electrons. The number of ether oxygens (including phenoxy) is 1. The van der Waals surface area contributed by atoms with Gasteiger partial charge in [-0.15, -0.1) is 0 Å². The largest absolute Gasteiger partial charge is 0.496 e. The zero-order valence-electron chi connectivity index (χ0n) is 10.9. The van der Waals surface area contributed by atoms with E-state index in [9.17, 15) is 9.59 Å². The molecule has 5 heteroatoms. The van der Waals surface area contributed by atoms with Crippen LogP contribution in [0.25, 0.3) is 5.57 Å². The van der Waals surface area contributed by atoms with Crippen LogP contribution in [0.4, 0.5) is 0 Å². The molecule has 1 aromatic carbocycles. The molecule has 1 aliphatic rings. The van der Waals surface area contributed by atoms with E-state index in [0.717, 1.165) is 4.90 Å². The third-order valence-electron chi connectivity index (χ3n) is 2.95. The van der Waals surface area contributed by atoms with E-state index in [1.807, 2.05) is 0 Å². The first-order chi connectivity index (χ1) is 8.99. The Morgan fingerprint density at radius 1 is 1.16 bits per heavy atom. The average molecular weight is 280 g/mol. The third kappa shape index (κ3) is 2.12. The van der Waals surface area contributed by atoms with Crippen LogP contribution in [-0.4, -0.2) is 29.9 Å². The number of para-hydroxylation sites is 1. The normalized spacial score (nSPS) is 15.7. The third-order valence-corrected chi connectivity index (χ3v) is 3.30. The maximum Gasteiger partial charge on any atom is 0.273 e. The highest BCUT2D eigenvalue weighted by atomic mass is 35.5. The first-order valence-corrected chi connectivity index (χ1v) is 6.28. The van der Waals surface area contributed by atoms with Gasteiger partial charge in [0.1, 0.15) is 10.8 Å². The average Bonchev–Trinajstić information content (AvgIpc) is 2.60. The van der Waals surface area contributed by atoms with E-state index in [-0.39, 0.29) is 22.6 Å². The molecule has 2 amide bonds. The van der Waals surface area contributed by atoms with E-state index in [1.165, 1.54) is 7.11 Å². The van der Waals surface area contributed by atoms with Crippen LogP contribution in [0, 0.1) is 0 Å². The number of hydrogen-bond acceptors (Lipinski definition) is 3. The summed E-state index contributed by atoms with van der Waals surface area (Å²) in [6, 6.07) is 6.76. The zero-order valence-corrected chi connectivity index (χ0v) is 11.7. The van der Waals surface area contributed by atoms with Crippen LogP contribution in [0.2, 0.25) is 0 Å². The summed E-state index contributed by atoms with van der Waals surface area (Å²) >= 11 is 6.04. The highest BCUT2D eigenvalue weighted by Gasteiger charge is 2.40. The van der Waals surface area contributed by atoms with E-state index in [1.54, 1.807) is 38.1 Å². The topological polar surface area (TPSA) is 46.6 Å². The van der Waals surface area contributed by atoms with Crippen LogP contribution in [-0.2, 0) is 9.59 Å². The number of nitrogens with zero attached hydrogens (tertiary/aromatic N) is 1. The van der Waals surface area contributed by atoms with Gasteiger partial charge >= 0.3 is 0 Å². The molecular weight excluding hydrogens is 266 g/mol. The van der Waals surface area contributed by atoms with Gasteiger partial charge in [-0.1, -0.05) is 29.8 Å². The van der Waals surface area contributed by atoms with Crippen LogP contribution in [0.1, 0.15) is 19.4 Å². The second-order valence-electron chi connectivity index (χ2n) is 4.46. The molecule has 1 heterocycles. The van der Waals surface area contributed by atoms with Gasteiger partial charge in [-0.3, -0.25) is 14.5 Å². The van der Waals surface area contributed by atoms with Crippen LogP contribution >= 0.6 is 11.6 Å². The number of methoxy groups -OCH3 is 1. The number of hydrogen-bond donors (Lipinski definition) is 0. The number of carbonyl (C=O) groups is 2. The van der Waals surface area contributed by atoms with Crippen molar-refractivity contribution in [3.8, 4) is 5.75 Å². The molecule has 0 N–H and O–H groups in total. The quantitative estimate of drug-likeness (QED) is 0.799. The molecule has 0 fully saturated rings. The summed E-state index contributed by atoms with van der Waals surface area (Å²) in [5, 5.41) is -0.0526. The molecule has 0 saturated carbocycles. The molecule has 0 bridgehead atoms. The standard InChI is InChI=1S/C14H14ClNO3/c1-8(2)16-13(17)11(12(15)14(16)18)9-6-4-5-7-10(9)19-3/h4-8H,1-3H3. The second-order valence-corrected chi connectivity index (χ2v) is 4.84. The fourth-order valence-corrected chi connectivity index (χ4v) is 2.35. The molecule has 4 nitrogen and oxygen atoms in total. The number of rotatable bonds is 3. The van der Waals surface area contributed by atoms with Crippen LogP contribution in [0.15, 0.2) is 29.3 Å². The second kappa shape index (κ2) is 5.05. The summed E-state index contributed by atoms with van der Waals surface area (Å²) in [6.07, 6.45) is 0. The SMILES string of the molecule is COc1ccccc1C1=C(Cl)C(=O)N(C(C)C)C1=O. The van der Waals surface area contributed by atoms with Crippen LogP contribution in [0.3, 0.4) is 0 Å². The van der Waals surface area contributed by atoms with Crippen molar-refractivity contribution in [3.63, 3.8) is 0 Å². The minimum absolute atomic E-state index is 0.0526. The van der Waals surface area contributed by atoms with Gasteiger partial charge in [0.15, 0.2) is 0 Å². The molecule has 0 saturated heterocycles. The number of benzene rings is 1. The number of carbonyl (C=O) groups excluding carboxylic acids is 2. The van der Waals surface area contributed by atoms with Gasteiger partial charge in [0.25, 0.3) is 11.8 Å². The molecule has 19 heavy (non-hydrogen) atoms. The van der Waals surface area contributed by atoms with E-state index in [4.69, 9.17) is 16.3 Å². The molecular formula is C14H14ClNO3. The summed E-state index contributed by atoms with van der Waals surface area (Å²) in [6.45, 7) is 3.54. The summed E-state index contributed by atoms with van der Waals surface area (Å²) in [4.78, 5) is 25.5. The molecule has 0 radical (unpaired) electrons. The van der Waals surface area contributed by atoms with Gasteiger partial charge in [0.2, 0.25) is 0 Å². The lowest BCUT2D eigenvalue weighted by atomic mass is 10.0. The molecule has 0 aromatic heterocycles. The Bertz CT molecular complexity index is 578. The monoisotopic (exact) mass is 279 g/mol. The van der Waals surface area contributed by atoms with E-state index in [2.05, 4.69) is 0 Å². The lowest BCUT2D eigenvalue weighted by Gasteiger charge is -2.19. The predicted octanol–water partition coefficient (Wildman–Crippen LogP) is 2.42. The van der Waals surface area contributed by atoms with E-state index in [0.29, 0.717) is 11.3 Å². The smallest absolute Gasteiger partial charge is 0.273 e. The molecule has 1 aliphatic heterocycles. The number of imide groups is 1. The Labute approximate surface area is 116 Å². The Morgan fingerprint density at radius 2 is 1.79 bits per heavy atom.